The zero-order chi connectivity index (χ0) is 15.4. The first kappa shape index (κ1) is 15.0. The fraction of sp³-hybridized carbons (Fsp3) is 0.250. The number of benzene rings is 2. The Bertz CT molecular complexity index is 669. The lowest BCUT2D eigenvalue weighted by atomic mass is 10.1. The summed E-state index contributed by atoms with van der Waals surface area (Å²) in [5.41, 5.74) is 2.67. The first-order valence-electron chi connectivity index (χ1n) is 6.68. The normalized spacial score (nSPS) is 10.4. The van der Waals surface area contributed by atoms with Gasteiger partial charge in [-0.25, -0.2) is 0 Å². The molecule has 0 saturated carbocycles. The predicted molar refractivity (Wildman–Crippen MR) is 81.9 cm³/mol. The second-order valence-corrected chi connectivity index (χ2v) is 4.94. The van der Waals surface area contributed by atoms with Crippen molar-refractivity contribution in [2.45, 2.75) is 20.4 Å². The molecule has 21 heavy (non-hydrogen) atoms. The number of hydrogen-bond donors (Lipinski definition) is 1. The van der Waals surface area contributed by atoms with Crippen molar-refractivity contribution in [2.75, 3.05) is 7.05 Å². The Morgan fingerprint density at radius 1 is 1.19 bits per heavy atom. The first-order chi connectivity index (χ1) is 10.0. The fourth-order valence-electron chi connectivity index (χ4n) is 2.18. The Balaban J connectivity index is 2.33. The van der Waals surface area contributed by atoms with Gasteiger partial charge in [-0.15, -0.1) is 0 Å². The minimum Gasteiger partial charge on any atom is -0.457 e. The van der Waals surface area contributed by atoms with Crippen LogP contribution in [-0.4, -0.2) is 12.0 Å². The molecule has 0 aliphatic rings. The summed E-state index contributed by atoms with van der Waals surface area (Å²) in [6, 6.07) is 10.9. The van der Waals surface area contributed by atoms with Gasteiger partial charge >= 0.3 is 0 Å². The topological polar surface area (TPSA) is 64.4 Å². The van der Waals surface area contributed by atoms with Crippen molar-refractivity contribution >= 4 is 5.69 Å². The zero-order valence-electron chi connectivity index (χ0n) is 12.3. The lowest BCUT2D eigenvalue weighted by Gasteiger charge is -2.11. The van der Waals surface area contributed by atoms with Crippen LogP contribution in [0.2, 0.25) is 0 Å². The summed E-state index contributed by atoms with van der Waals surface area (Å²) >= 11 is 0. The number of aryl methyl sites for hydroxylation is 2. The van der Waals surface area contributed by atoms with Crippen LogP contribution in [0.1, 0.15) is 16.7 Å². The van der Waals surface area contributed by atoms with E-state index in [1.807, 2.05) is 38.2 Å². The van der Waals surface area contributed by atoms with Crippen molar-refractivity contribution in [1.82, 2.24) is 5.32 Å². The van der Waals surface area contributed by atoms with Crippen molar-refractivity contribution in [3.05, 3.63) is 63.2 Å². The second kappa shape index (κ2) is 6.37. The molecule has 1 N–H and O–H groups in total. The smallest absolute Gasteiger partial charge is 0.276 e. The van der Waals surface area contributed by atoms with Crippen molar-refractivity contribution in [2.24, 2.45) is 0 Å². The van der Waals surface area contributed by atoms with Crippen LogP contribution in [0.5, 0.6) is 11.5 Å². The SMILES string of the molecule is CNCc1cccc(Oc2cc([N+](=O)[O-])c(C)cc2C)c1. The van der Waals surface area contributed by atoms with Gasteiger partial charge in [-0.1, -0.05) is 12.1 Å². The maximum Gasteiger partial charge on any atom is 0.276 e. The molecule has 0 spiro atoms. The summed E-state index contributed by atoms with van der Waals surface area (Å²) < 4.78 is 5.81. The molecule has 0 aliphatic heterocycles. The average Bonchev–Trinajstić information content (AvgIpc) is 2.42. The van der Waals surface area contributed by atoms with E-state index in [-0.39, 0.29) is 10.6 Å². The highest BCUT2D eigenvalue weighted by Gasteiger charge is 2.15. The van der Waals surface area contributed by atoms with E-state index in [0.717, 1.165) is 17.7 Å². The van der Waals surface area contributed by atoms with Crippen LogP contribution in [0.15, 0.2) is 36.4 Å². The number of hydrogen-bond acceptors (Lipinski definition) is 4. The summed E-state index contributed by atoms with van der Waals surface area (Å²) in [5.74, 6) is 1.18. The Morgan fingerprint density at radius 3 is 2.62 bits per heavy atom. The van der Waals surface area contributed by atoms with Crippen molar-refractivity contribution < 1.29 is 9.66 Å². The summed E-state index contributed by atoms with van der Waals surface area (Å²) in [4.78, 5) is 10.6. The van der Waals surface area contributed by atoms with Crippen LogP contribution in [-0.2, 0) is 6.54 Å². The monoisotopic (exact) mass is 286 g/mol. The molecule has 0 heterocycles. The highest BCUT2D eigenvalue weighted by Crippen LogP contribution is 2.31. The molecule has 2 aromatic carbocycles. The van der Waals surface area contributed by atoms with Gasteiger partial charge in [0.05, 0.1) is 11.0 Å². The van der Waals surface area contributed by atoms with Crippen molar-refractivity contribution in [3.63, 3.8) is 0 Å². The molecule has 5 heteroatoms. The van der Waals surface area contributed by atoms with Gasteiger partial charge in [0.25, 0.3) is 5.69 Å². The van der Waals surface area contributed by atoms with E-state index in [0.29, 0.717) is 17.1 Å². The third kappa shape index (κ3) is 3.58. The van der Waals surface area contributed by atoms with E-state index in [9.17, 15) is 10.1 Å². The maximum absolute atomic E-state index is 11.0. The average molecular weight is 286 g/mol. The quantitative estimate of drug-likeness (QED) is 0.672. The minimum absolute atomic E-state index is 0.0713. The molecule has 110 valence electrons. The molecular weight excluding hydrogens is 268 g/mol. The Morgan fingerprint density at radius 2 is 1.95 bits per heavy atom. The molecule has 5 nitrogen and oxygen atoms in total. The van der Waals surface area contributed by atoms with Crippen LogP contribution in [0.25, 0.3) is 0 Å². The highest BCUT2D eigenvalue weighted by molar-refractivity contribution is 5.51. The lowest BCUT2D eigenvalue weighted by Crippen LogP contribution is -2.04. The number of ether oxygens (including phenoxy) is 1. The molecule has 0 aromatic heterocycles. The van der Waals surface area contributed by atoms with Gasteiger partial charge < -0.3 is 10.1 Å². The molecule has 0 bridgehead atoms. The van der Waals surface area contributed by atoms with E-state index < -0.39 is 0 Å². The summed E-state index contributed by atoms with van der Waals surface area (Å²) in [7, 11) is 1.88. The van der Waals surface area contributed by atoms with Crippen molar-refractivity contribution in [3.8, 4) is 11.5 Å². The standard InChI is InChI=1S/C16H18N2O3/c1-11-7-12(2)16(9-15(11)18(19)20)21-14-6-4-5-13(8-14)10-17-3/h4-9,17H,10H2,1-3H3. The van der Waals surface area contributed by atoms with Gasteiger partial charge in [0.15, 0.2) is 0 Å². The summed E-state index contributed by atoms with van der Waals surface area (Å²) in [6.07, 6.45) is 0. The Labute approximate surface area is 123 Å². The maximum atomic E-state index is 11.0. The molecule has 0 unspecified atom stereocenters. The van der Waals surface area contributed by atoms with Crippen LogP contribution >= 0.6 is 0 Å². The van der Waals surface area contributed by atoms with Crippen molar-refractivity contribution in [1.29, 1.82) is 0 Å². The minimum atomic E-state index is -0.390. The third-order valence-corrected chi connectivity index (χ3v) is 3.20. The first-order valence-corrected chi connectivity index (χ1v) is 6.68. The summed E-state index contributed by atoms with van der Waals surface area (Å²) in [6.45, 7) is 4.34. The molecule has 0 amide bonds. The van der Waals surface area contributed by atoms with Crippen LogP contribution in [0.3, 0.4) is 0 Å². The number of nitrogens with zero attached hydrogens (tertiary/aromatic N) is 1. The van der Waals surface area contributed by atoms with E-state index >= 15 is 0 Å². The van der Waals surface area contributed by atoms with Crippen LogP contribution in [0.4, 0.5) is 5.69 Å². The Kier molecular flexibility index (Phi) is 4.55. The number of rotatable bonds is 5. The van der Waals surface area contributed by atoms with E-state index in [1.54, 1.807) is 13.0 Å². The molecule has 0 aliphatic carbocycles. The van der Waals surface area contributed by atoms with E-state index in [1.165, 1.54) is 6.07 Å². The van der Waals surface area contributed by atoms with Crippen LogP contribution in [0, 0.1) is 24.0 Å². The van der Waals surface area contributed by atoms with Gasteiger partial charge in [-0.3, -0.25) is 10.1 Å². The molecule has 0 saturated heterocycles. The largest absolute Gasteiger partial charge is 0.457 e. The van der Waals surface area contributed by atoms with Gasteiger partial charge in [0.1, 0.15) is 11.5 Å². The predicted octanol–water partition coefficient (Wildman–Crippen LogP) is 3.72. The highest BCUT2D eigenvalue weighted by atomic mass is 16.6. The molecule has 2 rings (SSSR count). The third-order valence-electron chi connectivity index (χ3n) is 3.20. The second-order valence-electron chi connectivity index (χ2n) is 4.94. The summed E-state index contributed by atoms with van der Waals surface area (Å²) in [5, 5.41) is 14.1. The van der Waals surface area contributed by atoms with E-state index in [4.69, 9.17) is 4.74 Å². The molecule has 0 fully saturated rings. The van der Waals surface area contributed by atoms with Gasteiger partial charge in [0, 0.05) is 12.1 Å². The van der Waals surface area contributed by atoms with Gasteiger partial charge in [-0.05, 0) is 50.2 Å². The number of nitro groups is 1. The molecule has 2 aromatic rings. The number of nitrogens with one attached hydrogen (secondary N) is 1. The number of nitro benzene ring substituents is 1. The van der Waals surface area contributed by atoms with Gasteiger partial charge in [0.2, 0.25) is 0 Å². The van der Waals surface area contributed by atoms with E-state index in [2.05, 4.69) is 5.32 Å². The van der Waals surface area contributed by atoms with Gasteiger partial charge in [-0.2, -0.15) is 0 Å². The molecule has 0 radical (unpaired) electrons. The molecule has 0 atom stereocenters. The molecular formula is C16H18N2O3. The lowest BCUT2D eigenvalue weighted by molar-refractivity contribution is -0.385. The zero-order valence-corrected chi connectivity index (χ0v) is 12.3. The fourth-order valence-corrected chi connectivity index (χ4v) is 2.18. The van der Waals surface area contributed by atoms with Crippen LogP contribution < -0.4 is 10.1 Å². The Hall–Kier alpha value is -2.40.